The van der Waals surface area contributed by atoms with Crippen molar-refractivity contribution in [1.82, 2.24) is 0 Å². The molecule has 0 aliphatic rings. The molecule has 0 amide bonds. The van der Waals surface area contributed by atoms with E-state index in [1.165, 1.54) is 0 Å². The molecule has 2 atom stereocenters. The zero-order valence-corrected chi connectivity index (χ0v) is 13.7. The smallest absolute Gasteiger partial charge is 0.322 e. The van der Waals surface area contributed by atoms with Gasteiger partial charge in [-0.1, -0.05) is 24.3 Å². The molecule has 2 aromatic carbocycles. The van der Waals surface area contributed by atoms with Gasteiger partial charge in [-0.3, -0.25) is 13.7 Å². The summed E-state index contributed by atoms with van der Waals surface area (Å²) in [6, 6.07) is 9.68. The lowest BCUT2D eigenvalue weighted by atomic mass is 10.1. The third-order valence-electron chi connectivity index (χ3n) is 3.49. The third-order valence-corrected chi connectivity index (χ3v) is 4.22. The summed E-state index contributed by atoms with van der Waals surface area (Å²) in [5.74, 6) is -1.23. The first-order chi connectivity index (χ1) is 10.8. The normalized spacial score (nSPS) is 13.6. The second-order valence-corrected chi connectivity index (χ2v) is 6.18. The van der Waals surface area contributed by atoms with Gasteiger partial charge in [-0.2, -0.15) is 0 Å². The first-order valence-electron chi connectivity index (χ1n) is 6.89. The van der Waals surface area contributed by atoms with Crippen LogP contribution in [-0.2, 0) is 16.1 Å². The van der Waals surface area contributed by atoms with Gasteiger partial charge in [0.1, 0.15) is 6.04 Å². The lowest BCUT2D eigenvalue weighted by molar-refractivity contribution is -0.138. The highest BCUT2D eigenvalue weighted by Crippen LogP contribution is 2.33. The number of hydrogen-bond acceptors (Lipinski definition) is 4. The van der Waals surface area contributed by atoms with Crippen LogP contribution in [0.5, 0.6) is 0 Å². The Hall–Kier alpha value is -2.16. The van der Waals surface area contributed by atoms with Crippen LogP contribution in [0.2, 0.25) is 0 Å². The maximum atomic E-state index is 11.7. The molecule has 0 radical (unpaired) electrons. The minimum Gasteiger partial charge on any atom is -0.480 e. The minimum atomic E-state index is -2.39. The number of anilines is 2. The molecule has 0 aromatic heterocycles. The summed E-state index contributed by atoms with van der Waals surface area (Å²) in [5, 5.41) is 10.6. The van der Waals surface area contributed by atoms with E-state index in [1.54, 1.807) is 12.1 Å². The highest BCUT2D eigenvalue weighted by Gasteiger charge is 2.22. The molecular weight excluding hydrogens is 318 g/mol. The van der Waals surface area contributed by atoms with Gasteiger partial charge in [0.15, 0.2) is 0 Å². The summed E-state index contributed by atoms with van der Waals surface area (Å²) < 4.78 is 22.4. The van der Waals surface area contributed by atoms with E-state index in [-0.39, 0.29) is 6.54 Å². The number of carboxylic acids is 1. The Morgan fingerprint density at radius 3 is 2.17 bits per heavy atom. The fraction of sp³-hybridized carbons (Fsp3) is 0.267. The summed E-state index contributed by atoms with van der Waals surface area (Å²) in [4.78, 5) is 12.9. The second-order valence-electron chi connectivity index (χ2n) is 5.28. The standard InChI is InChI=1S/C15H19N3O4S/c1-17(2)13-7-3-6-11-10(13)5-4-8-14(11)18(23(21)22)9-12(16)15(19)20/h3-8,12H,9,16H2,1-2H3,(H,19,20)(H,21,22). The summed E-state index contributed by atoms with van der Waals surface area (Å²) >= 11 is -2.39. The largest absolute Gasteiger partial charge is 0.480 e. The van der Waals surface area contributed by atoms with Crippen LogP contribution in [0, 0.1) is 0 Å². The van der Waals surface area contributed by atoms with Gasteiger partial charge in [0.05, 0.1) is 12.2 Å². The van der Waals surface area contributed by atoms with Crippen molar-refractivity contribution in [3.05, 3.63) is 36.4 Å². The molecule has 2 aromatic rings. The first-order valence-corrected chi connectivity index (χ1v) is 7.95. The van der Waals surface area contributed by atoms with Gasteiger partial charge in [-0.15, -0.1) is 0 Å². The van der Waals surface area contributed by atoms with E-state index in [9.17, 15) is 13.6 Å². The lowest BCUT2D eigenvalue weighted by Crippen LogP contribution is -2.43. The minimum absolute atomic E-state index is 0.274. The predicted octanol–water partition coefficient (Wildman–Crippen LogP) is 1.26. The zero-order chi connectivity index (χ0) is 17.1. The average Bonchev–Trinajstić information content (AvgIpc) is 2.50. The van der Waals surface area contributed by atoms with Crippen LogP contribution in [0.15, 0.2) is 36.4 Å². The van der Waals surface area contributed by atoms with Gasteiger partial charge in [-0.25, -0.2) is 4.21 Å². The maximum absolute atomic E-state index is 11.7. The molecule has 0 aliphatic carbocycles. The summed E-state index contributed by atoms with van der Waals surface area (Å²) in [6.07, 6.45) is 0. The van der Waals surface area contributed by atoms with E-state index in [1.807, 2.05) is 43.3 Å². The number of benzene rings is 2. The van der Waals surface area contributed by atoms with Crippen molar-refractivity contribution in [1.29, 1.82) is 0 Å². The zero-order valence-electron chi connectivity index (χ0n) is 12.8. The molecule has 124 valence electrons. The molecule has 0 saturated heterocycles. The molecule has 0 bridgehead atoms. The maximum Gasteiger partial charge on any atom is 0.322 e. The van der Waals surface area contributed by atoms with Crippen LogP contribution in [0.1, 0.15) is 0 Å². The molecule has 23 heavy (non-hydrogen) atoms. The lowest BCUT2D eigenvalue weighted by Gasteiger charge is -2.24. The molecule has 0 heterocycles. The summed E-state index contributed by atoms with van der Waals surface area (Å²) in [6.45, 7) is -0.274. The Kier molecular flexibility index (Phi) is 5.19. The van der Waals surface area contributed by atoms with Gasteiger partial charge in [-0.05, 0) is 12.1 Å². The van der Waals surface area contributed by atoms with E-state index >= 15 is 0 Å². The molecule has 7 nitrogen and oxygen atoms in total. The van der Waals surface area contributed by atoms with E-state index < -0.39 is 23.3 Å². The van der Waals surface area contributed by atoms with Gasteiger partial charge in [0.2, 0.25) is 0 Å². The Morgan fingerprint density at radius 1 is 1.17 bits per heavy atom. The number of carbonyl (C=O) groups is 1. The van der Waals surface area contributed by atoms with E-state index in [0.717, 1.165) is 20.8 Å². The number of aliphatic carboxylic acids is 1. The van der Waals surface area contributed by atoms with Crippen molar-refractivity contribution >= 4 is 39.4 Å². The quantitative estimate of drug-likeness (QED) is 0.685. The third kappa shape index (κ3) is 3.61. The molecule has 0 saturated carbocycles. The number of hydrogen-bond donors (Lipinski definition) is 3. The highest BCUT2D eigenvalue weighted by molar-refractivity contribution is 7.80. The van der Waals surface area contributed by atoms with Gasteiger partial charge in [0.25, 0.3) is 11.3 Å². The Labute approximate surface area is 136 Å². The summed E-state index contributed by atoms with van der Waals surface area (Å²) in [7, 11) is 3.81. The molecule has 0 spiro atoms. The van der Waals surface area contributed by atoms with Crippen molar-refractivity contribution in [3.8, 4) is 0 Å². The van der Waals surface area contributed by atoms with Crippen molar-refractivity contribution in [2.75, 3.05) is 29.8 Å². The average molecular weight is 337 g/mol. The molecular formula is C15H19N3O4S. The van der Waals surface area contributed by atoms with Gasteiger partial charge in [0, 0.05) is 30.6 Å². The Bertz CT molecular complexity index is 751. The molecule has 0 aliphatic heterocycles. The van der Waals surface area contributed by atoms with Gasteiger partial charge >= 0.3 is 5.97 Å². The SMILES string of the molecule is CN(C)c1cccc2c(N(CC(N)C(=O)O)S(=O)O)cccc12. The van der Waals surface area contributed by atoms with Crippen LogP contribution in [-0.4, -0.2) is 46.5 Å². The van der Waals surface area contributed by atoms with Crippen LogP contribution in [0.4, 0.5) is 11.4 Å². The number of nitrogens with two attached hydrogens (primary N) is 1. The molecule has 2 unspecified atom stereocenters. The fourth-order valence-corrected chi connectivity index (χ4v) is 3.00. The molecule has 0 fully saturated rings. The Balaban J connectivity index is 2.58. The molecule has 2 rings (SSSR count). The number of fused-ring (bicyclic) bond motifs is 1. The summed E-state index contributed by atoms with van der Waals surface area (Å²) in [5.41, 5.74) is 6.94. The highest BCUT2D eigenvalue weighted by atomic mass is 32.2. The number of nitrogens with zero attached hydrogens (tertiary/aromatic N) is 2. The fourth-order valence-electron chi connectivity index (χ4n) is 2.39. The van der Waals surface area contributed by atoms with Crippen molar-refractivity contribution < 1.29 is 18.7 Å². The monoisotopic (exact) mass is 337 g/mol. The van der Waals surface area contributed by atoms with Crippen LogP contribution >= 0.6 is 0 Å². The Morgan fingerprint density at radius 2 is 1.70 bits per heavy atom. The van der Waals surface area contributed by atoms with E-state index in [2.05, 4.69) is 0 Å². The van der Waals surface area contributed by atoms with E-state index in [4.69, 9.17) is 10.8 Å². The van der Waals surface area contributed by atoms with Gasteiger partial charge < -0.3 is 15.7 Å². The molecule has 4 N–H and O–H groups in total. The number of carboxylic acid groups (broad SMARTS) is 1. The van der Waals surface area contributed by atoms with Crippen LogP contribution in [0.25, 0.3) is 10.8 Å². The molecule has 8 heteroatoms. The van der Waals surface area contributed by atoms with Crippen LogP contribution < -0.4 is 14.9 Å². The first kappa shape index (κ1) is 17.2. The van der Waals surface area contributed by atoms with Crippen molar-refractivity contribution in [2.45, 2.75) is 6.04 Å². The van der Waals surface area contributed by atoms with E-state index in [0.29, 0.717) is 5.69 Å². The topological polar surface area (TPSA) is 107 Å². The predicted molar refractivity (Wildman–Crippen MR) is 92.0 cm³/mol. The van der Waals surface area contributed by atoms with Crippen LogP contribution in [0.3, 0.4) is 0 Å². The van der Waals surface area contributed by atoms with Crippen molar-refractivity contribution in [2.24, 2.45) is 5.73 Å². The second kappa shape index (κ2) is 6.95. The van der Waals surface area contributed by atoms with Crippen molar-refractivity contribution in [3.63, 3.8) is 0 Å². The number of rotatable bonds is 6.